The molecule has 4 heteroatoms. The van der Waals surface area contributed by atoms with Crippen molar-refractivity contribution in [3.8, 4) is 0 Å². The van der Waals surface area contributed by atoms with Crippen molar-refractivity contribution in [3.63, 3.8) is 0 Å². The average molecular weight is 533 g/mol. The molecule has 4 aliphatic rings. The maximum Gasteiger partial charge on any atom is 0.338 e. The summed E-state index contributed by atoms with van der Waals surface area (Å²) in [6, 6.07) is 9.30. The zero-order valence-electron chi connectivity index (χ0n) is 24.7. The van der Waals surface area contributed by atoms with Crippen LogP contribution in [0.2, 0.25) is 0 Å². The van der Waals surface area contributed by atoms with Crippen molar-refractivity contribution in [1.82, 2.24) is 0 Å². The van der Waals surface area contributed by atoms with Crippen LogP contribution in [0.15, 0.2) is 65.3 Å². The van der Waals surface area contributed by atoms with Crippen LogP contribution in [0, 0.1) is 35.0 Å². The number of hydrogen-bond donors (Lipinski definition) is 0. The van der Waals surface area contributed by atoms with Crippen molar-refractivity contribution in [2.75, 3.05) is 6.61 Å². The molecule has 0 unspecified atom stereocenters. The van der Waals surface area contributed by atoms with Gasteiger partial charge in [-0.25, -0.2) is 14.6 Å². The van der Waals surface area contributed by atoms with Gasteiger partial charge >= 0.3 is 5.97 Å². The first kappa shape index (κ1) is 28.4. The number of allylic oxidation sites excluding steroid dienone is 3. The molecule has 1 aromatic carbocycles. The van der Waals surface area contributed by atoms with Gasteiger partial charge in [-0.05, 0) is 109 Å². The van der Waals surface area contributed by atoms with E-state index in [0.717, 1.165) is 31.6 Å². The molecule has 4 nitrogen and oxygen atoms in total. The molecule has 1 aromatic rings. The van der Waals surface area contributed by atoms with Crippen LogP contribution in [0.25, 0.3) is 0 Å². The first-order valence-corrected chi connectivity index (χ1v) is 15.4. The van der Waals surface area contributed by atoms with Crippen LogP contribution in [0.3, 0.4) is 0 Å². The number of fused-ring (bicyclic) bond motifs is 1. The van der Waals surface area contributed by atoms with E-state index in [0.29, 0.717) is 41.3 Å². The summed E-state index contributed by atoms with van der Waals surface area (Å²) in [6.07, 6.45) is 15.8. The highest BCUT2D eigenvalue weighted by Gasteiger charge is 2.50. The molecule has 0 spiro atoms. The zero-order chi connectivity index (χ0) is 27.6. The van der Waals surface area contributed by atoms with Gasteiger partial charge in [0.05, 0.1) is 5.56 Å². The summed E-state index contributed by atoms with van der Waals surface area (Å²) in [5.74, 6) is 3.00. The number of esters is 1. The van der Waals surface area contributed by atoms with Crippen molar-refractivity contribution in [2.45, 2.75) is 98.2 Å². The first-order chi connectivity index (χ1) is 18.8. The van der Waals surface area contributed by atoms with Crippen molar-refractivity contribution < 1.29 is 19.3 Å². The Labute approximate surface area is 235 Å². The lowest BCUT2D eigenvalue weighted by molar-refractivity contribution is -0.310. The van der Waals surface area contributed by atoms with E-state index in [1.165, 1.54) is 36.8 Å². The number of carbonyl (C=O) groups is 1. The van der Waals surface area contributed by atoms with Crippen molar-refractivity contribution >= 4 is 5.97 Å². The Kier molecular flexibility index (Phi) is 8.83. The Hall–Kier alpha value is -2.17. The number of benzene rings is 1. The minimum atomic E-state index is -0.237. The summed E-state index contributed by atoms with van der Waals surface area (Å²) in [6.45, 7) is 12.5. The third kappa shape index (κ3) is 6.12. The Bertz CT molecular complexity index is 1100. The second kappa shape index (κ2) is 12.1. The third-order valence-electron chi connectivity index (χ3n) is 10.5. The summed E-state index contributed by atoms with van der Waals surface area (Å²) < 4.78 is 5.95. The van der Waals surface area contributed by atoms with Gasteiger partial charge in [0.25, 0.3) is 0 Å². The van der Waals surface area contributed by atoms with Crippen LogP contribution in [0.1, 0.15) is 96.3 Å². The van der Waals surface area contributed by atoms with E-state index >= 15 is 0 Å². The summed E-state index contributed by atoms with van der Waals surface area (Å²) in [7, 11) is 0. The van der Waals surface area contributed by atoms with Gasteiger partial charge in [-0.15, -0.1) is 0 Å². The van der Waals surface area contributed by atoms with Gasteiger partial charge in [0.15, 0.2) is 0 Å². The van der Waals surface area contributed by atoms with Gasteiger partial charge in [-0.3, -0.25) is 0 Å². The molecule has 0 saturated heterocycles. The molecule has 7 atom stereocenters. The highest BCUT2D eigenvalue weighted by Crippen LogP contribution is 2.59. The Morgan fingerprint density at radius 3 is 2.62 bits per heavy atom. The second-order valence-electron chi connectivity index (χ2n) is 13.2. The SMILES string of the molecule is CC(C)[C@@H](C)/C=C/[C@@H](C)[C@H]1CC[C@H]2/C(=C/[C@@H]3OOCC4=C3C[C@@H](OC(=O)c3ccccc3)CC4)CCC[C@]12C. The molecule has 39 heavy (non-hydrogen) atoms. The highest BCUT2D eigenvalue weighted by molar-refractivity contribution is 5.89. The predicted octanol–water partition coefficient (Wildman–Crippen LogP) is 8.65. The van der Waals surface area contributed by atoms with Crippen LogP contribution < -0.4 is 0 Å². The van der Waals surface area contributed by atoms with Gasteiger partial charge in [-0.1, -0.05) is 70.5 Å². The zero-order valence-corrected chi connectivity index (χ0v) is 24.7. The lowest BCUT2D eigenvalue weighted by atomic mass is 9.61. The summed E-state index contributed by atoms with van der Waals surface area (Å²) in [5.41, 5.74) is 5.10. The lowest BCUT2D eigenvalue weighted by Crippen LogP contribution is -2.37. The molecule has 3 aliphatic carbocycles. The molecule has 5 rings (SSSR count). The number of rotatable bonds is 7. The fraction of sp³-hybridized carbons (Fsp3) is 0.629. The molecule has 0 bridgehead atoms. The van der Waals surface area contributed by atoms with E-state index in [4.69, 9.17) is 14.5 Å². The van der Waals surface area contributed by atoms with Crippen LogP contribution in [-0.4, -0.2) is 24.8 Å². The number of ether oxygens (including phenoxy) is 1. The van der Waals surface area contributed by atoms with Gasteiger partial charge in [-0.2, -0.15) is 0 Å². The van der Waals surface area contributed by atoms with E-state index in [2.05, 4.69) is 52.8 Å². The molecule has 212 valence electrons. The molecule has 0 N–H and O–H groups in total. The van der Waals surface area contributed by atoms with Crippen molar-refractivity contribution in [1.29, 1.82) is 0 Å². The monoisotopic (exact) mass is 532 g/mol. The van der Waals surface area contributed by atoms with Crippen LogP contribution in [0.5, 0.6) is 0 Å². The van der Waals surface area contributed by atoms with Crippen molar-refractivity contribution in [2.24, 2.45) is 35.0 Å². The second-order valence-corrected chi connectivity index (χ2v) is 13.2. The maximum absolute atomic E-state index is 12.7. The van der Waals surface area contributed by atoms with Crippen LogP contribution in [0.4, 0.5) is 0 Å². The molecule has 0 radical (unpaired) electrons. The molecule has 1 heterocycles. The van der Waals surface area contributed by atoms with E-state index in [1.54, 1.807) is 5.57 Å². The average Bonchev–Trinajstić information content (AvgIpc) is 3.30. The summed E-state index contributed by atoms with van der Waals surface area (Å²) >= 11 is 0. The van der Waals surface area contributed by atoms with Crippen LogP contribution >= 0.6 is 0 Å². The standard InChI is InChI=1S/C35H48O4/c1-23(2)24(3)13-14-25(4)31-17-18-32-27(12-9-19-35(31,32)5)20-33-30-21-29(16-15-28(30)22-37-39-33)38-34(36)26-10-7-6-8-11-26/h6-8,10-11,13-14,20,23-25,29,31-33H,9,12,15-19,21-22H2,1-5H3/b14-13+,27-20+/t24-,25+,29-,31+,32-,33-,35+/m0/s1. The highest BCUT2D eigenvalue weighted by atomic mass is 17.2. The minimum absolute atomic E-state index is 0.118. The fourth-order valence-electron chi connectivity index (χ4n) is 7.77. The smallest absolute Gasteiger partial charge is 0.338 e. The number of carbonyl (C=O) groups excluding carboxylic acids is 1. The topological polar surface area (TPSA) is 44.8 Å². The molecule has 2 saturated carbocycles. The molecule has 0 amide bonds. The van der Waals surface area contributed by atoms with Gasteiger partial charge in [0.2, 0.25) is 0 Å². The molecular weight excluding hydrogens is 484 g/mol. The van der Waals surface area contributed by atoms with Crippen LogP contribution in [-0.2, 0) is 14.5 Å². The van der Waals surface area contributed by atoms with Gasteiger partial charge in [0.1, 0.15) is 18.8 Å². The quantitative estimate of drug-likeness (QED) is 0.200. The van der Waals surface area contributed by atoms with E-state index in [-0.39, 0.29) is 18.2 Å². The Morgan fingerprint density at radius 1 is 1.05 bits per heavy atom. The van der Waals surface area contributed by atoms with E-state index in [1.807, 2.05) is 30.3 Å². The molecular formula is C35H48O4. The molecule has 2 fully saturated rings. The summed E-state index contributed by atoms with van der Waals surface area (Å²) in [5, 5.41) is 0. The third-order valence-corrected chi connectivity index (χ3v) is 10.5. The van der Waals surface area contributed by atoms with E-state index in [9.17, 15) is 4.79 Å². The fourth-order valence-corrected chi connectivity index (χ4v) is 7.77. The normalized spacial score (nSPS) is 33.7. The van der Waals surface area contributed by atoms with Gasteiger partial charge in [0, 0.05) is 6.42 Å². The van der Waals surface area contributed by atoms with Crippen molar-refractivity contribution in [3.05, 3.63) is 70.8 Å². The predicted molar refractivity (Wildman–Crippen MR) is 156 cm³/mol. The Morgan fingerprint density at radius 2 is 1.85 bits per heavy atom. The maximum atomic E-state index is 12.7. The molecule has 1 aliphatic heterocycles. The number of hydrogen-bond acceptors (Lipinski definition) is 4. The largest absolute Gasteiger partial charge is 0.458 e. The van der Waals surface area contributed by atoms with E-state index < -0.39 is 0 Å². The summed E-state index contributed by atoms with van der Waals surface area (Å²) in [4.78, 5) is 24.3. The first-order valence-electron chi connectivity index (χ1n) is 15.4. The lowest BCUT2D eigenvalue weighted by Gasteiger charge is -2.44. The molecule has 0 aromatic heterocycles. The minimum Gasteiger partial charge on any atom is -0.458 e. The Balaban J connectivity index is 1.30. The van der Waals surface area contributed by atoms with Gasteiger partial charge < -0.3 is 4.74 Å².